The minimum absolute atomic E-state index is 0.278. The van der Waals surface area contributed by atoms with Crippen LogP contribution in [-0.4, -0.2) is 30.6 Å². The molecule has 1 aliphatic carbocycles. The quantitative estimate of drug-likeness (QED) is 0.521. The molecule has 0 saturated heterocycles. The normalized spacial score (nSPS) is 13.2. The van der Waals surface area contributed by atoms with E-state index in [9.17, 15) is 4.79 Å². The lowest BCUT2D eigenvalue weighted by atomic mass is 10.2. The van der Waals surface area contributed by atoms with E-state index in [1.807, 2.05) is 0 Å². The lowest BCUT2D eigenvalue weighted by Crippen LogP contribution is -2.12. The Labute approximate surface area is 171 Å². The van der Waals surface area contributed by atoms with Gasteiger partial charge in [0.05, 0.1) is 0 Å². The van der Waals surface area contributed by atoms with Crippen LogP contribution in [0.2, 0.25) is 0 Å². The Morgan fingerprint density at radius 2 is 2.03 bits per heavy atom. The molecule has 1 N–H and O–H groups in total. The van der Waals surface area contributed by atoms with Crippen molar-refractivity contribution in [2.45, 2.75) is 25.7 Å². The first-order chi connectivity index (χ1) is 14.6. The molecule has 1 aliphatic rings. The summed E-state index contributed by atoms with van der Waals surface area (Å²) in [4.78, 5) is 25.1. The highest BCUT2D eigenvalue weighted by Crippen LogP contribution is 2.40. The minimum Gasteiger partial charge on any atom is -0.439 e. The molecule has 1 aromatic carbocycles. The zero-order valence-electron chi connectivity index (χ0n) is 16.1. The molecule has 1 fully saturated rings. The molecule has 0 radical (unpaired) electrons. The topological polar surface area (TPSA) is 108 Å². The summed E-state index contributed by atoms with van der Waals surface area (Å²) < 4.78 is 12.9. The van der Waals surface area contributed by atoms with E-state index in [2.05, 4.69) is 25.4 Å². The predicted octanol–water partition coefficient (Wildman–Crippen LogP) is 3.88. The van der Waals surface area contributed by atoms with Crippen molar-refractivity contribution in [1.29, 1.82) is 0 Å². The molecule has 1 saturated carbocycles. The molecule has 5 rings (SSSR count). The van der Waals surface area contributed by atoms with Crippen LogP contribution in [0.15, 0.2) is 59.6 Å². The van der Waals surface area contributed by atoms with Crippen molar-refractivity contribution in [3.05, 3.63) is 72.4 Å². The average molecular weight is 402 g/mol. The van der Waals surface area contributed by atoms with E-state index < -0.39 is 0 Å². The van der Waals surface area contributed by atoms with Crippen LogP contribution in [-0.2, 0) is 0 Å². The Hall–Kier alpha value is -4.01. The second-order valence-corrected chi connectivity index (χ2v) is 7.05. The number of hydrogen-bond acceptors (Lipinski definition) is 7. The number of amides is 1. The van der Waals surface area contributed by atoms with Crippen LogP contribution in [0.5, 0.6) is 11.6 Å². The van der Waals surface area contributed by atoms with Crippen molar-refractivity contribution in [3.63, 3.8) is 0 Å². The molecule has 30 heavy (non-hydrogen) atoms. The van der Waals surface area contributed by atoms with Gasteiger partial charge in [-0.3, -0.25) is 9.36 Å². The number of carbonyl (C=O) groups excluding carboxylic acids is 1. The Bertz CT molecular complexity index is 1180. The van der Waals surface area contributed by atoms with Gasteiger partial charge in [-0.25, -0.2) is 9.97 Å². The fourth-order valence-electron chi connectivity index (χ4n) is 2.98. The maximum atomic E-state index is 12.3. The Balaban J connectivity index is 1.26. The second-order valence-electron chi connectivity index (χ2n) is 7.05. The molecule has 0 atom stereocenters. The van der Waals surface area contributed by atoms with Crippen LogP contribution in [0.25, 0.3) is 5.82 Å². The summed E-state index contributed by atoms with van der Waals surface area (Å²) in [6.45, 7) is 1.80. The van der Waals surface area contributed by atoms with Crippen LogP contribution < -0.4 is 10.1 Å². The molecule has 0 unspecified atom stereocenters. The van der Waals surface area contributed by atoms with Crippen molar-refractivity contribution in [2.75, 3.05) is 5.32 Å². The third kappa shape index (κ3) is 3.90. The van der Waals surface area contributed by atoms with Gasteiger partial charge in [-0.1, -0.05) is 5.16 Å². The second kappa shape index (κ2) is 7.43. The number of aromatic nitrogens is 5. The van der Waals surface area contributed by atoms with Crippen LogP contribution >= 0.6 is 0 Å². The standard InChI is InChI=1S/C21H18N6O3/c1-13-23-19(27-9-8-22-12-27)11-20(24-13)29-16-6-4-15(5-7-16)25-21(28)17-10-18(30-26-17)14-2-3-14/h4-12,14H,2-3H2,1H3,(H,25,28). The van der Waals surface area contributed by atoms with Gasteiger partial charge in [-0.05, 0) is 44.0 Å². The van der Waals surface area contributed by atoms with Crippen LogP contribution in [0.4, 0.5) is 5.69 Å². The number of imidazole rings is 1. The molecule has 9 heteroatoms. The number of aryl methyl sites for hydroxylation is 1. The van der Waals surface area contributed by atoms with Gasteiger partial charge in [0.1, 0.15) is 29.5 Å². The molecule has 3 aromatic heterocycles. The van der Waals surface area contributed by atoms with Crippen molar-refractivity contribution in [2.24, 2.45) is 0 Å². The van der Waals surface area contributed by atoms with E-state index in [-0.39, 0.29) is 11.6 Å². The molecule has 1 amide bonds. The summed E-state index contributed by atoms with van der Waals surface area (Å²) in [6.07, 6.45) is 7.31. The number of ether oxygens (including phenoxy) is 1. The maximum absolute atomic E-state index is 12.3. The van der Waals surface area contributed by atoms with E-state index >= 15 is 0 Å². The van der Waals surface area contributed by atoms with Gasteiger partial charge in [0.2, 0.25) is 5.88 Å². The van der Waals surface area contributed by atoms with Crippen molar-refractivity contribution < 1.29 is 14.1 Å². The summed E-state index contributed by atoms with van der Waals surface area (Å²) in [6, 6.07) is 10.4. The average Bonchev–Trinajstić information content (AvgIpc) is 3.23. The highest BCUT2D eigenvalue weighted by Gasteiger charge is 2.28. The molecular weight excluding hydrogens is 384 g/mol. The summed E-state index contributed by atoms with van der Waals surface area (Å²) in [5.41, 5.74) is 0.905. The van der Waals surface area contributed by atoms with Gasteiger partial charge in [-0.2, -0.15) is 4.98 Å². The number of nitrogens with one attached hydrogen (secondary N) is 1. The third-order valence-corrected chi connectivity index (χ3v) is 4.65. The summed E-state index contributed by atoms with van der Waals surface area (Å²) in [5, 5.41) is 6.66. The molecule has 9 nitrogen and oxygen atoms in total. The van der Waals surface area contributed by atoms with Crippen LogP contribution in [0.3, 0.4) is 0 Å². The number of hydrogen-bond donors (Lipinski definition) is 1. The summed E-state index contributed by atoms with van der Waals surface area (Å²) >= 11 is 0. The van der Waals surface area contributed by atoms with E-state index in [4.69, 9.17) is 9.26 Å². The number of anilines is 1. The van der Waals surface area contributed by atoms with Crippen molar-refractivity contribution in [3.8, 4) is 17.4 Å². The van der Waals surface area contributed by atoms with Gasteiger partial charge in [0, 0.05) is 36.1 Å². The smallest absolute Gasteiger partial charge is 0.277 e. The number of nitrogens with zero attached hydrogens (tertiary/aromatic N) is 5. The monoisotopic (exact) mass is 402 g/mol. The van der Waals surface area contributed by atoms with Crippen LogP contribution in [0.1, 0.15) is 40.8 Å². The van der Waals surface area contributed by atoms with E-state index in [1.165, 1.54) is 0 Å². The van der Waals surface area contributed by atoms with E-state index in [1.54, 1.807) is 66.6 Å². The molecule has 0 aliphatic heterocycles. The SMILES string of the molecule is Cc1nc(Oc2ccc(NC(=O)c3cc(C4CC4)on3)cc2)cc(-n2ccnc2)n1. The first-order valence-electron chi connectivity index (χ1n) is 9.54. The highest BCUT2D eigenvalue weighted by atomic mass is 16.5. The molecule has 0 bridgehead atoms. The maximum Gasteiger partial charge on any atom is 0.277 e. The number of rotatable bonds is 6. The first-order valence-corrected chi connectivity index (χ1v) is 9.54. The van der Waals surface area contributed by atoms with Gasteiger partial charge in [0.15, 0.2) is 5.69 Å². The van der Waals surface area contributed by atoms with E-state index in [0.717, 1.165) is 18.6 Å². The molecule has 150 valence electrons. The molecule has 3 heterocycles. The third-order valence-electron chi connectivity index (χ3n) is 4.65. The fraction of sp³-hybridized carbons (Fsp3) is 0.190. The van der Waals surface area contributed by atoms with Gasteiger partial charge in [-0.15, -0.1) is 0 Å². The molecule has 0 spiro atoms. The predicted molar refractivity (Wildman–Crippen MR) is 107 cm³/mol. The number of carbonyl (C=O) groups is 1. The molecule has 4 aromatic rings. The zero-order chi connectivity index (χ0) is 20.5. The summed E-state index contributed by atoms with van der Waals surface area (Å²) in [7, 11) is 0. The summed E-state index contributed by atoms with van der Waals surface area (Å²) in [5.74, 6) is 3.12. The van der Waals surface area contributed by atoms with Crippen molar-refractivity contribution in [1.82, 2.24) is 24.7 Å². The van der Waals surface area contributed by atoms with Gasteiger partial charge < -0.3 is 14.6 Å². The lowest BCUT2D eigenvalue weighted by molar-refractivity contribution is 0.101. The Morgan fingerprint density at radius 3 is 2.77 bits per heavy atom. The Kier molecular flexibility index (Phi) is 4.47. The Morgan fingerprint density at radius 1 is 1.20 bits per heavy atom. The zero-order valence-corrected chi connectivity index (χ0v) is 16.1. The lowest BCUT2D eigenvalue weighted by Gasteiger charge is -2.09. The molecular formula is C21H18N6O3. The van der Waals surface area contributed by atoms with Crippen molar-refractivity contribution >= 4 is 11.6 Å². The first kappa shape index (κ1) is 18.0. The fourth-order valence-corrected chi connectivity index (χ4v) is 2.98. The highest BCUT2D eigenvalue weighted by molar-refractivity contribution is 6.02. The number of benzene rings is 1. The van der Waals surface area contributed by atoms with E-state index in [0.29, 0.717) is 34.9 Å². The van der Waals surface area contributed by atoms with Gasteiger partial charge >= 0.3 is 0 Å². The van der Waals surface area contributed by atoms with Gasteiger partial charge in [0.25, 0.3) is 5.91 Å². The van der Waals surface area contributed by atoms with Crippen LogP contribution in [0, 0.1) is 6.92 Å². The minimum atomic E-state index is -0.310. The largest absolute Gasteiger partial charge is 0.439 e.